The van der Waals surface area contributed by atoms with E-state index in [1.54, 1.807) is 0 Å². The number of hydrogen-bond donors (Lipinski definition) is 0. The molecule has 0 aliphatic heterocycles. The van der Waals surface area contributed by atoms with Gasteiger partial charge in [-0.05, 0) is 129 Å². The van der Waals surface area contributed by atoms with Crippen molar-refractivity contribution in [1.82, 2.24) is 4.57 Å². The summed E-state index contributed by atoms with van der Waals surface area (Å²) in [4.78, 5) is 2.58. The molecule has 2 heteroatoms. The molecule has 2 aliphatic carbocycles. The Hall–Kier alpha value is -7.94. The minimum absolute atomic E-state index is 0.340. The lowest BCUT2D eigenvalue weighted by atomic mass is 9.74. The molecule has 2 aliphatic rings. The average Bonchev–Trinajstić information content (AvgIpc) is 3.89. The topological polar surface area (TPSA) is 8.17 Å². The average molecular weight is 873 g/mol. The van der Waals surface area contributed by atoms with Crippen molar-refractivity contribution in [3.05, 3.63) is 253 Å². The third-order valence-corrected chi connectivity index (χ3v) is 15.5. The van der Waals surface area contributed by atoms with Crippen molar-refractivity contribution < 1.29 is 0 Å². The number of aromatic nitrogens is 1. The number of benzene rings is 10. The Balaban J connectivity index is 1.06. The van der Waals surface area contributed by atoms with Gasteiger partial charge in [-0.2, -0.15) is 0 Å². The second kappa shape index (κ2) is 16.4. The van der Waals surface area contributed by atoms with E-state index >= 15 is 0 Å². The lowest BCUT2D eigenvalue weighted by molar-refractivity contribution is 0.445. The molecule has 1 aromatic heterocycles. The smallest absolute Gasteiger partial charge is 0.0547 e. The van der Waals surface area contributed by atoms with Crippen LogP contribution in [-0.2, 0) is 5.41 Å². The third kappa shape index (κ3) is 6.39. The van der Waals surface area contributed by atoms with Crippen LogP contribution < -0.4 is 4.90 Å². The van der Waals surface area contributed by atoms with E-state index in [1.165, 1.54) is 126 Å². The van der Waals surface area contributed by atoms with Gasteiger partial charge < -0.3 is 9.47 Å². The maximum absolute atomic E-state index is 2.58. The van der Waals surface area contributed by atoms with Gasteiger partial charge in [0.05, 0.1) is 22.4 Å². The van der Waals surface area contributed by atoms with Crippen molar-refractivity contribution in [2.75, 3.05) is 4.90 Å². The molecule has 10 aromatic carbocycles. The molecule has 0 saturated heterocycles. The highest BCUT2D eigenvalue weighted by molar-refractivity contribution is 6.10. The molecular formula is C66H52N2. The zero-order valence-corrected chi connectivity index (χ0v) is 38.4. The van der Waals surface area contributed by atoms with Gasteiger partial charge in [0.1, 0.15) is 0 Å². The lowest BCUT2D eigenvalue weighted by Crippen LogP contribution is -2.22. The number of anilines is 3. The number of rotatable bonds is 8. The first kappa shape index (κ1) is 40.3. The van der Waals surface area contributed by atoms with Gasteiger partial charge in [-0.25, -0.2) is 0 Å². The molecule has 0 N–H and O–H groups in total. The molecule has 1 heterocycles. The Morgan fingerprint density at radius 2 is 1.09 bits per heavy atom. The Labute approximate surface area is 399 Å². The summed E-state index contributed by atoms with van der Waals surface area (Å²) in [6.07, 6.45) is 6.44. The predicted octanol–water partition coefficient (Wildman–Crippen LogP) is 18.1. The van der Waals surface area contributed by atoms with Crippen LogP contribution in [0.5, 0.6) is 0 Å². The van der Waals surface area contributed by atoms with Crippen molar-refractivity contribution >= 4 is 49.6 Å². The summed E-state index contributed by atoms with van der Waals surface area (Å²) in [5, 5.41) is 5.22. The van der Waals surface area contributed by atoms with Crippen molar-refractivity contribution in [3.63, 3.8) is 0 Å². The van der Waals surface area contributed by atoms with Gasteiger partial charge >= 0.3 is 0 Å². The van der Waals surface area contributed by atoms with Crippen LogP contribution in [0.1, 0.15) is 67.2 Å². The minimum atomic E-state index is -0.340. The maximum atomic E-state index is 2.58. The van der Waals surface area contributed by atoms with E-state index in [0.29, 0.717) is 5.92 Å². The molecule has 0 amide bonds. The minimum Gasteiger partial charge on any atom is -0.309 e. The van der Waals surface area contributed by atoms with Gasteiger partial charge in [-0.15, -0.1) is 0 Å². The van der Waals surface area contributed by atoms with Crippen molar-refractivity contribution in [3.8, 4) is 39.1 Å². The fraction of sp³-hybridized carbons (Fsp3) is 0.121. The van der Waals surface area contributed by atoms with Crippen LogP contribution in [0, 0.1) is 0 Å². The molecule has 11 aromatic rings. The first-order chi connectivity index (χ1) is 33.6. The van der Waals surface area contributed by atoms with Crippen molar-refractivity contribution in [2.45, 2.75) is 50.4 Å². The predicted molar refractivity (Wildman–Crippen MR) is 287 cm³/mol. The molecule has 326 valence electrons. The molecule has 0 spiro atoms. The summed E-state index contributed by atoms with van der Waals surface area (Å²) < 4.78 is 2.42. The number of fused-ring (bicyclic) bond motifs is 7. The van der Waals surface area contributed by atoms with Crippen LogP contribution >= 0.6 is 0 Å². The maximum Gasteiger partial charge on any atom is 0.0547 e. The molecule has 0 bridgehead atoms. The Morgan fingerprint density at radius 1 is 0.456 bits per heavy atom. The van der Waals surface area contributed by atoms with Gasteiger partial charge in [0.2, 0.25) is 0 Å². The first-order valence-electron chi connectivity index (χ1n) is 24.5. The van der Waals surface area contributed by atoms with Crippen LogP contribution in [0.3, 0.4) is 0 Å². The summed E-state index contributed by atoms with van der Waals surface area (Å²) in [5.41, 5.74) is 19.6. The van der Waals surface area contributed by atoms with E-state index in [4.69, 9.17) is 0 Å². The second-order valence-electron chi connectivity index (χ2n) is 19.1. The van der Waals surface area contributed by atoms with Gasteiger partial charge in [0.15, 0.2) is 0 Å². The van der Waals surface area contributed by atoms with Crippen LogP contribution in [0.4, 0.5) is 17.1 Å². The van der Waals surface area contributed by atoms with E-state index < -0.39 is 0 Å². The van der Waals surface area contributed by atoms with Crippen LogP contribution in [-0.4, -0.2) is 4.57 Å². The first-order valence-corrected chi connectivity index (χ1v) is 24.5. The van der Waals surface area contributed by atoms with Crippen molar-refractivity contribution in [2.24, 2.45) is 0 Å². The van der Waals surface area contributed by atoms with Gasteiger partial charge in [0.25, 0.3) is 0 Å². The number of para-hydroxylation sites is 3. The van der Waals surface area contributed by atoms with E-state index in [0.717, 1.165) is 17.1 Å². The fourth-order valence-corrected chi connectivity index (χ4v) is 12.3. The van der Waals surface area contributed by atoms with E-state index in [9.17, 15) is 0 Å². The highest BCUT2D eigenvalue weighted by Gasteiger charge is 2.42. The normalized spacial score (nSPS) is 15.7. The Kier molecular flexibility index (Phi) is 9.75. The van der Waals surface area contributed by atoms with E-state index in [2.05, 4.69) is 247 Å². The fourth-order valence-electron chi connectivity index (χ4n) is 12.3. The Bertz CT molecular complexity index is 3680. The molecule has 2 nitrogen and oxygen atoms in total. The summed E-state index contributed by atoms with van der Waals surface area (Å²) >= 11 is 0. The molecular weight excluding hydrogens is 821 g/mol. The van der Waals surface area contributed by atoms with Crippen LogP contribution in [0.25, 0.3) is 71.6 Å². The SMILES string of the molecule is CC1(c2ccccc2)c2ccccc2-c2c(N(c3cccc(-c4ccc5c6ccccc6n(-c6ccccc6)c5c4)c3)c3ccccc3-c3cccc4cccc(C5CCCCC5)c34)cccc21. The molecule has 13 rings (SSSR count). The standard InChI is InChI=1S/C66H52N2/c1-66(49-26-7-3-8-27-49)58-36-14-11-33-57(58)65-59(66)37-20-40-62(65)68(61-39-16-13-32-54(61)56-35-19-24-46-23-18-34-52(64(46)56)45-21-5-2-6-22-45)51-30-17-25-47(43-51)48-41-42-55-53-31-12-15-38-60(53)67(63(55)44-48)50-28-9-4-10-29-50/h3-4,7-20,23-45H,2,5-6,21-22H2,1H3. The molecule has 1 atom stereocenters. The quantitative estimate of drug-likeness (QED) is 0.148. The third-order valence-electron chi connectivity index (χ3n) is 15.5. The van der Waals surface area contributed by atoms with E-state index in [-0.39, 0.29) is 5.41 Å². The summed E-state index contributed by atoms with van der Waals surface area (Å²) in [6, 6.07) is 86.2. The van der Waals surface area contributed by atoms with Gasteiger partial charge in [-0.1, -0.05) is 201 Å². The lowest BCUT2D eigenvalue weighted by Gasteiger charge is -2.32. The zero-order chi connectivity index (χ0) is 45.2. The molecule has 1 unspecified atom stereocenters. The van der Waals surface area contributed by atoms with Crippen LogP contribution in [0.15, 0.2) is 231 Å². The molecule has 0 radical (unpaired) electrons. The highest BCUT2D eigenvalue weighted by Crippen LogP contribution is 2.57. The van der Waals surface area contributed by atoms with Gasteiger partial charge in [-0.3, -0.25) is 0 Å². The largest absolute Gasteiger partial charge is 0.309 e. The second-order valence-corrected chi connectivity index (χ2v) is 19.1. The highest BCUT2D eigenvalue weighted by atomic mass is 15.1. The molecule has 1 fully saturated rings. The summed E-state index contributed by atoms with van der Waals surface area (Å²) in [6.45, 7) is 2.42. The number of hydrogen-bond acceptors (Lipinski definition) is 1. The zero-order valence-electron chi connectivity index (χ0n) is 38.4. The number of nitrogens with zero attached hydrogens (tertiary/aromatic N) is 2. The molecule has 68 heavy (non-hydrogen) atoms. The van der Waals surface area contributed by atoms with Crippen LogP contribution in [0.2, 0.25) is 0 Å². The summed E-state index contributed by atoms with van der Waals surface area (Å²) in [7, 11) is 0. The Morgan fingerprint density at radius 3 is 1.94 bits per heavy atom. The van der Waals surface area contributed by atoms with Gasteiger partial charge in [0, 0.05) is 38.7 Å². The monoisotopic (exact) mass is 872 g/mol. The van der Waals surface area contributed by atoms with Crippen molar-refractivity contribution in [1.29, 1.82) is 0 Å². The molecule has 1 saturated carbocycles. The van der Waals surface area contributed by atoms with E-state index in [1.807, 2.05) is 0 Å². The summed E-state index contributed by atoms with van der Waals surface area (Å²) in [5.74, 6) is 0.566.